The SMILES string of the molecule is O=C(c1cnc(-c2cccs2)s1)N1CCC(Nc2ccc([N+](=O)[O-])cn2)C1. The zero-order valence-corrected chi connectivity index (χ0v) is 15.7. The molecule has 8 nitrogen and oxygen atoms in total. The molecule has 0 bridgehead atoms. The molecule has 1 N–H and O–H groups in total. The van der Waals surface area contributed by atoms with Gasteiger partial charge in [0.15, 0.2) is 0 Å². The summed E-state index contributed by atoms with van der Waals surface area (Å²) in [5, 5.41) is 16.8. The van der Waals surface area contributed by atoms with E-state index in [0.29, 0.717) is 23.8 Å². The van der Waals surface area contributed by atoms with Crippen molar-refractivity contribution in [1.29, 1.82) is 0 Å². The maximum Gasteiger partial charge on any atom is 0.287 e. The minimum Gasteiger partial charge on any atom is -0.365 e. The predicted molar refractivity (Wildman–Crippen MR) is 104 cm³/mol. The second-order valence-electron chi connectivity index (χ2n) is 6.05. The van der Waals surface area contributed by atoms with Crippen molar-refractivity contribution >= 4 is 40.1 Å². The van der Waals surface area contributed by atoms with E-state index >= 15 is 0 Å². The number of amides is 1. The fraction of sp³-hybridized carbons (Fsp3) is 0.235. The van der Waals surface area contributed by atoms with Crippen molar-refractivity contribution in [2.24, 2.45) is 0 Å². The number of rotatable bonds is 5. The number of likely N-dealkylation sites (tertiary alicyclic amines) is 1. The lowest BCUT2D eigenvalue weighted by atomic mass is 10.2. The number of carbonyl (C=O) groups excluding carboxylic acids is 1. The molecule has 1 atom stereocenters. The molecule has 1 saturated heterocycles. The lowest BCUT2D eigenvalue weighted by Crippen LogP contribution is -2.31. The molecule has 3 aromatic rings. The summed E-state index contributed by atoms with van der Waals surface area (Å²) >= 11 is 3.01. The highest BCUT2D eigenvalue weighted by molar-refractivity contribution is 7.21. The van der Waals surface area contributed by atoms with E-state index in [9.17, 15) is 14.9 Å². The number of hydrogen-bond acceptors (Lipinski definition) is 8. The Bertz CT molecular complexity index is 955. The van der Waals surface area contributed by atoms with Gasteiger partial charge in [-0.1, -0.05) is 6.07 Å². The Balaban J connectivity index is 1.37. The number of thiazole rings is 1. The van der Waals surface area contributed by atoms with Crippen LogP contribution in [0.4, 0.5) is 11.5 Å². The second-order valence-corrected chi connectivity index (χ2v) is 8.03. The molecule has 0 spiro atoms. The molecule has 1 aliphatic rings. The molecule has 1 aliphatic heterocycles. The molecule has 0 aromatic carbocycles. The molecule has 27 heavy (non-hydrogen) atoms. The zero-order valence-electron chi connectivity index (χ0n) is 14.1. The average Bonchev–Trinajstić information content (AvgIpc) is 3.42. The summed E-state index contributed by atoms with van der Waals surface area (Å²) in [6.45, 7) is 1.21. The molecule has 1 unspecified atom stereocenters. The Hall–Kier alpha value is -2.85. The molecule has 3 aromatic heterocycles. The van der Waals surface area contributed by atoms with Gasteiger partial charge in [-0.25, -0.2) is 9.97 Å². The molecular formula is C17H15N5O3S2. The maximum atomic E-state index is 12.7. The van der Waals surface area contributed by atoms with E-state index in [0.717, 1.165) is 16.3 Å². The first-order valence-electron chi connectivity index (χ1n) is 8.26. The van der Waals surface area contributed by atoms with Gasteiger partial charge in [-0.05, 0) is 23.9 Å². The van der Waals surface area contributed by atoms with Crippen LogP contribution >= 0.6 is 22.7 Å². The van der Waals surface area contributed by atoms with E-state index in [-0.39, 0.29) is 17.6 Å². The molecule has 4 rings (SSSR count). The summed E-state index contributed by atoms with van der Waals surface area (Å²) in [4.78, 5) is 34.8. The van der Waals surface area contributed by atoms with E-state index in [1.165, 1.54) is 23.6 Å². The highest BCUT2D eigenvalue weighted by Gasteiger charge is 2.28. The summed E-state index contributed by atoms with van der Waals surface area (Å²) in [5.41, 5.74) is -0.0458. The van der Waals surface area contributed by atoms with Gasteiger partial charge in [-0.3, -0.25) is 14.9 Å². The van der Waals surface area contributed by atoms with Gasteiger partial charge in [-0.2, -0.15) is 0 Å². The smallest absolute Gasteiger partial charge is 0.287 e. The molecule has 0 radical (unpaired) electrons. The number of aromatic nitrogens is 2. The lowest BCUT2D eigenvalue weighted by molar-refractivity contribution is -0.385. The summed E-state index contributed by atoms with van der Waals surface area (Å²) in [6.07, 6.45) is 3.66. The molecule has 0 aliphatic carbocycles. The van der Waals surface area contributed by atoms with Gasteiger partial charge in [0.2, 0.25) is 0 Å². The third kappa shape index (κ3) is 3.81. The third-order valence-corrected chi connectivity index (χ3v) is 6.26. The number of nitrogens with zero attached hydrogens (tertiary/aromatic N) is 4. The van der Waals surface area contributed by atoms with Crippen molar-refractivity contribution in [2.45, 2.75) is 12.5 Å². The highest BCUT2D eigenvalue weighted by Crippen LogP contribution is 2.30. The molecule has 10 heteroatoms. The van der Waals surface area contributed by atoms with E-state index in [1.54, 1.807) is 28.5 Å². The number of anilines is 1. The average molecular weight is 401 g/mol. The predicted octanol–water partition coefficient (Wildman–Crippen LogP) is 3.50. The van der Waals surface area contributed by atoms with Gasteiger partial charge in [0.1, 0.15) is 21.9 Å². The van der Waals surface area contributed by atoms with Crippen LogP contribution in [0.5, 0.6) is 0 Å². The first-order chi connectivity index (χ1) is 13.1. The number of pyridine rings is 1. The highest BCUT2D eigenvalue weighted by atomic mass is 32.1. The Labute approximate surface area is 162 Å². The molecule has 4 heterocycles. The normalized spacial score (nSPS) is 16.4. The van der Waals surface area contributed by atoms with Crippen LogP contribution in [-0.2, 0) is 0 Å². The number of carbonyl (C=O) groups is 1. The van der Waals surface area contributed by atoms with Crippen LogP contribution < -0.4 is 5.32 Å². The lowest BCUT2D eigenvalue weighted by Gasteiger charge is -2.16. The Morgan fingerprint density at radius 2 is 2.19 bits per heavy atom. The molecule has 1 amide bonds. The number of nitrogens with one attached hydrogen (secondary N) is 1. The molecule has 0 saturated carbocycles. The zero-order chi connectivity index (χ0) is 18.8. The van der Waals surface area contributed by atoms with Gasteiger partial charge in [0.05, 0.1) is 16.0 Å². The van der Waals surface area contributed by atoms with Crippen molar-refractivity contribution < 1.29 is 9.72 Å². The van der Waals surface area contributed by atoms with Crippen LogP contribution in [0, 0.1) is 10.1 Å². The minimum absolute atomic E-state index is 0.0173. The third-order valence-electron chi connectivity index (χ3n) is 4.23. The molecule has 138 valence electrons. The summed E-state index contributed by atoms with van der Waals surface area (Å²) < 4.78 is 0. The number of thiophene rings is 1. The van der Waals surface area contributed by atoms with Crippen molar-refractivity contribution in [3.05, 3.63) is 57.0 Å². The van der Waals surface area contributed by atoms with Crippen LogP contribution in [0.1, 0.15) is 16.1 Å². The van der Waals surface area contributed by atoms with Gasteiger partial charge < -0.3 is 10.2 Å². The van der Waals surface area contributed by atoms with E-state index in [1.807, 2.05) is 17.5 Å². The van der Waals surface area contributed by atoms with Gasteiger partial charge in [0.25, 0.3) is 11.6 Å². The maximum absolute atomic E-state index is 12.7. The number of nitro groups is 1. The summed E-state index contributed by atoms with van der Waals surface area (Å²) in [7, 11) is 0. The van der Waals surface area contributed by atoms with Crippen molar-refractivity contribution in [3.8, 4) is 9.88 Å². The minimum atomic E-state index is -0.480. The van der Waals surface area contributed by atoms with Crippen LogP contribution in [0.2, 0.25) is 0 Å². The van der Waals surface area contributed by atoms with Crippen LogP contribution in [-0.4, -0.2) is 44.8 Å². The fourth-order valence-corrected chi connectivity index (χ4v) is 4.58. The van der Waals surface area contributed by atoms with Crippen molar-refractivity contribution in [3.63, 3.8) is 0 Å². The topological polar surface area (TPSA) is 101 Å². The van der Waals surface area contributed by atoms with E-state index in [2.05, 4.69) is 15.3 Å². The molecular weight excluding hydrogens is 386 g/mol. The van der Waals surface area contributed by atoms with Crippen LogP contribution in [0.15, 0.2) is 42.0 Å². The van der Waals surface area contributed by atoms with Crippen LogP contribution in [0.25, 0.3) is 9.88 Å². The largest absolute Gasteiger partial charge is 0.365 e. The Kier molecular flexibility index (Phi) is 4.82. The van der Waals surface area contributed by atoms with Crippen molar-refractivity contribution in [1.82, 2.24) is 14.9 Å². The van der Waals surface area contributed by atoms with Gasteiger partial charge in [0, 0.05) is 25.2 Å². The van der Waals surface area contributed by atoms with Crippen molar-refractivity contribution in [2.75, 3.05) is 18.4 Å². The first-order valence-corrected chi connectivity index (χ1v) is 9.96. The van der Waals surface area contributed by atoms with E-state index in [4.69, 9.17) is 0 Å². The van der Waals surface area contributed by atoms with Gasteiger partial charge in [-0.15, -0.1) is 22.7 Å². The quantitative estimate of drug-likeness (QED) is 0.519. The standard InChI is InChI=1S/C17H15N5O3S2/c23-17(14-9-19-16(27-14)13-2-1-7-26-13)21-6-5-11(10-21)20-15-4-3-12(8-18-15)22(24)25/h1-4,7-9,11H,5-6,10H2,(H,18,20). The fourth-order valence-electron chi connectivity index (χ4n) is 2.89. The monoisotopic (exact) mass is 401 g/mol. The Morgan fingerprint density at radius 1 is 1.30 bits per heavy atom. The van der Waals surface area contributed by atoms with Gasteiger partial charge >= 0.3 is 0 Å². The van der Waals surface area contributed by atoms with Crippen LogP contribution in [0.3, 0.4) is 0 Å². The summed E-state index contributed by atoms with van der Waals surface area (Å²) in [6, 6.07) is 7.01. The second kappa shape index (κ2) is 7.41. The summed E-state index contributed by atoms with van der Waals surface area (Å²) in [5.74, 6) is 0.550. The molecule has 1 fully saturated rings. The number of hydrogen-bond donors (Lipinski definition) is 1. The first kappa shape index (κ1) is 17.6. The Morgan fingerprint density at radius 3 is 2.89 bits per heavy atom. The van der Waals surface area contributed by atoms with E-state index < -0.39 is 4.92 Å².